The van der Waals surface area contributed by atoms with Crippen molar-refractivity contribution in [2.75, 3.05) is 6.61 Å². The molecule has 1 saturated heterocycles. The summed E-state index contributed by atoms with van der Waals surface area (Å²) in [5, 5.41) is 43.5. The van der Waals surface area contributed by atoms with E-state index in [1.807, 2.05) is 42.5 Å². The van der Waals surface area contributed by atoms with E-state index in [0.29, 0.717) is 12.0 Å². The van der Waals surface area contributed by atoms with Gasteiger partial charge >= 0.3 is 0 Å². The lowest BCUT2D eigenvalue weighted by Gasteiger charge is -2.40. The predicted molar refractivity (Wildman–Crippen MR) is 119 cm³/mol. The molecule has 5 rings (SSSR count). The zero-order valence-corrected chi connectivity index (χ0v) is 17.9. The van der Waals surface area contributed by atoms with Crippen LogP contribution < -0.4 is 0 Å². The quantitative estimate of drug-likeness (QED) is 0.367. The van der Waals surface area contributed by atoms with Crippen LogP contribution in [0, 0.1) is 0 Å². The molecule has 2 aromatic carbocycles. The molecule has 4 N–H and O–H groups in total. The molecule has 4 aromatic rings. The summed E-state index contributed by atoms with van der Waals surface area (Å²) in [6.07, 6.45) is -2.03. The number of aliphatic hydroxyl groups is 4. The predicted octanol–water partition coefficient (Wildman–Crippen LogP) is 2.66. The molecule has 1 aliphatic heterocycles. The van der Waals surface area contributed by atoms with Crippen LogP contribution in [0.3, 0.4) is 0 Å². The molecule has 0 aliphatic carbocycles. The Hall–Kier alpha value is -2.59. The lowest BCUT2D eigenvalue weighted by molar-refractivity contribution is -0.231. The minimum atomic E-state index is -1.43. The zero-order chi connectivity index (χ0) is 22.2. The van der Waals surface area contributed by atoms with Crippen molar-refractivity contribution in [3.63, 3.8) is 0 Å². The monoisotopic (exact) mass is 453 g/mol. The van der Waals surface area contributed by atoms with Crippen LogP contribution in [0.2, 0.25) is 0 Å². The highest BCUT2D eigenvalue weighted by atomic mass is 32.1. The maximum absolute atomic E-state index is 10.7. The molecule has 2 aromatic heterocycles. The second-order valence-corrected chi connectivity index (χ2v) is 9.04. The minimum Gasteiger partial charge on any atom is -0.463 e. The van der Waals surface area contributed by atoms with Crippen molar-refractivity contribution in [2.24, 2.45) is 0 Å². The van der Waals surface area contributed by atoms with Gasteiger partial charge in [-0.3, -0.25) is 0 Å². The third-order valence-corrected chi connectivity index (χ3v) is 6.84. The molecule has 1 fully saturated rings. The van der Waals surface area contributed by atoms with Gasteiger partial charge in [-0.2, -0.15) is 0 Å². The van der Waals surface area contributed by atoms with Crippen molar-refractivity contribution in [1.82, 2.24) is 4.98 Å². The van der Waals surface area contributed by atoms with Crippen molar-refractivity contribution < 1.29 is 29.6 Å². The molecule has 0 radical (unpaired) electrons. The SMILES string of the molecule is OC[C@H]1O[C@@H](c2cc(Cc3ncc(-c4ccco4)s3)cc3ccccc23)[C@H](O)[C@@H](O)[C@@H]1O. The summed E-state index contributed by atoms with van der Waals surface area (Å²) in [6, 6.07) is 15.5. The van der Waals surface area contributed by atoms with Crippen molar-refractivity contribution in [2.45, 2.75) is 36.9 Å². The highest BCUT2D eigenvalue weighted by Gasteiger charge is 2.44. The fraction of sp³-hybridized carbons (Fsp3) is 0.292. The van der Waals surface area contributed by atoms with Gasteiger partial charge in [0.2, 0.25) is 0 Å². The standard InChI is InChI=1S/C24H23NO6S/c26-12-18-21(27)22(28)23(29)24(31-18)16-9-13(8-14-4-1-2-5-15(14)16)10-20-25-11-19(32-20)17-6-3-7-30-17/h1-9,11,18,21-24,26-29H,10,12H2/t18-,21-,22+,23-,24+/m1/s1. The van der Waals surface area contributed by atoms with Crippen LogP contribution in [-0.4, -0.2) is 56.4 Å². The first-order valence-electron chi connectivity index (χ1n) is 10.4. The molecule has 1 aliphatic rings. The number of hydrogen-bond acceptors (Lipinski definition) is 8. The maximum Gasteiger partial charge on any atom is 0.145 e. The number of thiazole rings is 1. The summed E-state index contributed by atoms with van der Waals surface area (Å²) in [5.41, 5.74) is 1.66. The molecule has 0 bridgehead atoms. The average molecular weight is 454 g/mol. The Morgan fingerprint density at radius 2 is 1.81 bits per heavy atom. The lowest BCUT2D eigenvalue weighted by atomic mass is 9.87. The van der Waals surface area contributed by atoms with Crippen LogP contribution >= 0.6 is 11.3 Å². The summed E-state index contributed by atoms with van der Waals surface area (Å²) in [6.45, 7) is -0.465. The number of hydrogen-bond donors (Lipinski definition) is 4. The molecule has 0 spiro atoms. The second-order valence-electron chi connectivity index (χ2n) is 7.93. The van der Waals surface area contributed by atoms with Gasteiger partial charge in [0.25, 0.3) is 0 Å². The van der Waals surface area contributed by atoms with Crippen molar-refractivity contribution in [1.29, 1.82) is 0 Å². The van der Waals surface area contributed by atoms with E-state index in [-0.39, 0.29) is 0 Å². The maximum atomic E-state index is 10.7. The van der Waals surface area contributed by atoms with Gasteiger partial charge in [0.1, 0.15) is 36.3 Å². The number of ether oxygens (including phenoxy) is 1. The van der Waals surface area contributed by atoms with E-state index < -0.39 is 37.1 Å². The highest BCUT2D eigenvalue weighted by molar-refractivity contribution is 7.15. The number of nitrogens with zero attached hydrogens (tertiary/aromatic N) is 1. The van der Waals surface area contributed by atoms with Gasteiger partial charge in [-0.25, -0.2) is 4.98 Å². The van der Waals surface area contributed by atoms with Crippen LogP contribution in [0.1, 0.15) is 22.2 Å². The van der Waals surface area contributed by atoms with Gasteiger partial charge in [0, 0.05) is 12.6 Å². The van der Waals surface area contributed by atoms with Crippen LogP contribution in [0.15, 0.2) is 65.4 Å². The van der Waals surface area contributed by atoms with E-state index in [9.17, 15) is 20.4 Å². The zero-order valence-electron chi connectivity index (χ0n) is 17.0. The highest BCUT2D eigenvalue weighted by Crippen LogP contribution is 2.37. The minimum absolute atomic E-state index is 0.465. The number of aromatic nitrogens is 1. The molecular weight excluding hydrogens is 430 g/mol. The summed E-state index contributed by atoms with van der Waals surface area (Å²) >= 11 is 1.55. The van der Waals surface area contributed by atoms with Crippen molar-refractivity contribution >= 4 is 22.1 Å². The molecule has 0 unspecified atom stereocenters. The molecule has 3 heterocycles. The van der Waals surface area contributed by atoms with Crippen molar-refractivity contribution in [3.05, 3.63) is 77.1 Å². The van der Waals surface area contributed by atoms with Crippen LogP contribution in [0.4, 0.5) is 0 Å². The molecule has 5 atom stereocenters. The number of fused-ring (bicyclic) bond motifs is 1. The third kappa shape index (κ3) is 3.86. The van der Waals surface area contributed by atoms with E-state index in [4.69, 9.17) is 9.15 Å². The number of furan rings is 1. The Labute approximate surface area is 188 Å². The van der Waals surface area contributed by atoms with Crippen LogP contribution in [0.25, 0.3) is 21.4 Å². The number of rotatable bonds is 5. The van der Waals surface area contributed by atoms with E-state index in [1.54, 1.807) is 23.8 Å². The summed E-state index contributed by atoms with van der Waals surface area (Å²) < 4.78 is 11.3. The Morgan fingerprint density at radius 3 is 2.59 bits per heavy atom. The lowest BCUT2D eigenvalue weighted by Crippen LogP contribution is -2.55. The smallest absolute Gasteiger partial charge is 0.145 e. The van der Waals surface area contributed by atoms with Crippen LogP contribution in [-0.2, 0) is 11.2 Å². The summed E-state index contributed by atoms with van der Waals surface area (Å²) in [5.74, 6) is 0.772. The van der Waals surface area contributed by atoms with Crippen molar-refractivity contribution in [3.8, 4) is 10.6 Å². The first kappa shape index (κ1) is 21.3. The second kappa shape index (κ2) is 8.74. The summed E-state index contributed by atoms with van der Waals surface area (Å²) in [4.78, 5) is 5.47. The van der Waals surface area contributed by atoms with Gasteiger partial charge in [0.15, 0.2) is 0 Å². The molecule has 0 amide bonds. The molecular formula is C24H23NO6S. The third-order valence-electron chi connectivity index (χ3n) is 5.83. The first-order valence-corrected chi connectivity index (χ1v) is 11.2. The molecule has 7 nitrogen and oxygen atoms in total. The van der Waals surface area contributed by atoms with Gasteiger partial charge in [-0.05, 0) is 34.0 Å². The Morgan fingerprint density at radius 1 is 0.969 bits per heavy atom. The van der Waals surface area contributed by atoms with Gasteiger partial charge in [0.05, 0.1) is 22.8 Å². The van der Waals surface area contributed by atoms with E-state index in [2.05, 4.69) is 11.1 Å². The van der Waals surface area contributed by atoms with Gasteiger partial charge < -0.3 is 29.6 Å². The molecule has 32 heavy (non-hydrogen) atoms. The average Bonchev–Trinajstić information content (AvgIpc) is 3.50. The normalized spacial score (nSPS) is 25.9. The number of aliphatic hydroxyl groups excluding tert-OH is 4. The topological polar surface area (TPSA) is 116 Å². The molecule has 166 valence electrons. The van der Waals surface area contributed by atoms with E-state index in [1.165, 1.54) is 0 Å². The molecule has 8 heteroatoms. The molecule has 0 saturated carbocycles. The first-order chi connectivity index (χ1) is 15.5. The van der Waals surface area contributed by atoms with Gasteiger partial charge in [-0.15, -0.1) is 11.3 Å². The number of benzene rings is 2. The fourth-order valence-corrected chi connectivity index (χ4v) is 5.12. The summed E-state index contributed by atoms with van der Waals surface area (Å²) in [7, 11) is 0. The Bertz CT molecular complexity index is 1200. The van der Waals surface area contributed by atoms with Gasteiger partial charge in [-0.1, -0.05) is 36.4 Å². The van der Waals surface area contributed by atoms with E-state index in [0.717, 1.165) is 32.0 Å². The fourth-order valence-electron chi connectivity index (χ4n) is 4.20. The Kier molecular flexibility index (Phi) is 5.81. The largest absolute Gasteiger partial charge is 0.463 e. The Balaban J connectivity index is 1.52. The van der Waals surface area contributed by atoms with Crippen LogP contribution in [0.5, 0.6) is 0 Å². The van der Waals surface area contributed by atoms with E-state index >= 15 is 0 Å².